The van der Waals surface area contributed by atoms with Crippen molar-refractivity contribution in [1.29, 1.82) is 5.41 Å². The highest BCUT2D eigenvalue weighted by atomic mass is 16.5. The Morgan fingerprint density at radius 2 is 1.81 bits per heavy atom. The van der Waals surface area contributed by atoms with E-state index in [2.05, 4.69) is 10.6 Å². The summed E-state index contributed by atoms with van der Waals surface area (Å²) in [5.74, 6) is -0.0961. The molecule has 0 saturated carbocycles. The summed E-state index contributed by atoms with van der Waals surface area (Å²) in [5, 5.41) is 40.6. The summed E-state index contributed by atoms with van der Waals surface area (Å²) in [6, 6.07) is 6.78. The van der Waals surface area contributed by atoms with Crippen molar-refractivity contribution in [3.05, 3.63) is 29.8 Å². The van der Waals surface area contributed by atoms with Crippen molar-refractivity contribution in [3.8, 4) is 0 Å². The molecule has 1 amide bonds. The van der Waals surface area contributed by atoms with Crippen molar-refractivity contribution in [2.75, 3.05) is 38.2 Å². The number of aliphatic hydroxyl groups excluding tert-OH is 3. The Balaban J connectivity index is 2.05. The van der Waals surface area contributed by atoms with E-state index < -0.39 is 12.2 Å². The van der Waals surface area contributed by atoms with E-state index in [-0.39, 0.29) is 31.6 Å². The molecule has 27 heavy (non-hydrogen) atoms. The molecule has 0 saturated heterocycles. The van der Waals surface area contributed by atoms with Crippen LogP contribution in [0.4, 0.5) is 5.69 Å². The Morgan fingerprint density at radius 3 is 2.44 bits per heavy atom. The topological polar surface area (TPSA) is 161 Å². The number of aliphatic hydroxyl groups is 3. The van der Waals surface area contributed by atoms with E-state index in [0.29, 0.717) is 37.2 Å². The zero-order valence-electron chi connectivity index (χ0n) is 15.4. The molecule has 9 nitrogen and oxygen atoms in total. The van der Waals surface area contributed by atoms with E-state index in [4.69, 9.17) is 26.1 Å². The number of ether oxygens (including phenoxy) is 1. The molecular formula is C18H30N4O5. The maximum absolute atomic E-state index is 11.9. The van der Waals surface area contributed by atoms with Crippen molar-refractivity contribution < 1.29 is 24.9 Å². The minimum Gasteiger partial charge on any atom is -0.394 e. The standard InChI is InChI=1S/C18H30N4O5/c19-18(20)13-4-6-14(7-5-13)22-17(26)3-1-2-8-21-9-15(24)11-27-12-16(25)10-23/h4-7,15-16,21,23-25H,1-3,8-12H2,(H3,19,20)(H,22,26). The zero-order chi connectivity index (χ0) is 20.1. The first-order valence-electron chi connectivity index (χ1n) is 8.92. The molecule has 0 aliphatic heterocycles. The molecule has 0 fully saturated rings. The van der Waals surface area contributed by atoms with Crippen molar-refractivity contribution in [1.82, 2.24) is 5.32 Å². The third-order valence-electron chi connectivity index (χ3n) is 3.70. The second-order valence-electron chi connectivity index (χ2n) is 6.23. The van der Waals surface area contributed by atoms with Gasteiger partial charge in [0.05, 0.1) is 25.9 Å². The molecule has 0 spiro atoms. The predicted octanol–water partition coefficient (Wildman–Crippen LogP) is -0.600. The van der Waals surface area contributed by atoms with Gasteiger partial charge in [0.25, 0.3) is 0 Å². The van der Waals surface area contributed by atoms with E-state index in [0.717, 1.165) is 6.42 Å². The van der Waals surface area contributed by atoms with Crippen LogP contribution in [0.25, 0.3) is 0 Å². The van der Waals surface area contributed by atoms with Gasteiger partial charge in [0.15, 0.2) is 0 Å². The Bertz CT molecular complexity index is 567. The summed E-state index contributed by atoms with van der Waals surface area (Å²) >= 11 is 0. The normalized spacial score (nSPS) is 13.1. The number of nitrogens with one attached hydrogen (secondary N) is 3. The zero-order valence-corrected chi connectivity index (χ0v) is 15.4. The number of benzene rings is 1. The van der Waals surface area contributed by atoms with Crippen LogP contribution in [0.5, 0.6) is 0 Å². The van der Waals surface area contributed by atoms with Crippen LogP contribution in [0.2, 0.25) is 0 Å². The van der Waals surface area contributed by atoms with E-state index in [9.17, 15) is 9.90 Å². The van der Waals surface area contributed by atoms with Crippen LogP contribution in [-0.2, 0) is 9.53 Å². The second kappa shape index (κ2) is 13.2. The van der Waals surface area contributed by atoms with Gasteiger partial charge in [-0.25, -0.2) is 0 Å². The quantitative estimate of drug-likeness (QED) is 0.128. The van der Waals surface area contributed by atoms with Crippen molar-refractivity contribution in [2.45, 2.75) is 31.5 Å². The Hall–Kier alpha value is -2.04. The molecule has 0 aromatic heterocycles. The molecule has 8 N–H and O–H groups in total. The van der Waals surface area contributed by atoms with E-state index in [1.54, 1.807) is 24.3 Å². The highest BCUT2D eigenvalue weighted by Gasteiger charge is 2.07. The maximum atomic E-state index is 11.9. The van der Waals surface area contributed by atoms with Crippen LogP contribution < -0.4 is 16.4 Å². The van der Waals surface area contributed by atoms with Crippen LogP contribution in [-0.4, -0.2) is 72.2 Å². The molecule has 2 atom stereocenters. The van der Waals surface area contributed by atoms with Gasteiger partial charge in [0.1, 0.15) is 11.9 Å². The third-order valence-corrected chi connectivity index (χ3v) is 3.70. The molecule has 9 heteroatoms. The number of anilines is 1. The molecule has 152 valence electrons. The number of nitrogens with two attached hydrogens (primary N) is 1. The summed E-state index contributed by atoms with van der Waals surface area (Å²) in [6.45, 7) is 0.710. The van der Waals surface area contributed by atoms with Gasteiger partial charge in [-0.1, -0.05) is 0 Å². The van der Waals surface area contributed by atoms with Gasteiger partial charge in [0.2, 0.25) is 5.91 Å². The van der Waals surface area contributed by atoms with E-state index >= 15 is 0 Å². The molecule has 2 unspecified atom stereocenters. The smallest absolute Gasteiger partial charge is 0.224 e. The fourth-order valence-corrected chi connectivity index (χ4v) is 2.21. The summed E-state index contributed by atoms with van der Waals surface area (Å²) < 4.78 is 5.06. The molecule has 1 aromatic rings. The van der Waals surface area contributed by atoms with Gasteiger partial charge in [-0.15, -0.1) is 0 Å². The fraction of sp³-hybridized carbons (Fsp3) is 0.556. The lowest BCUT2D eigenvalue weighted by atomic mass is 10.2. The van der Waals surface area contributed by atoms with Crippen LogP contribution in [0.1, 0.15) is 24.8 Å². The number of amidine groups is 1. The van der Waals surface area contributed by atoms with Gasteiger partial charge in [-0.3, -0.25) is 10.2 Å². The minimum atomic E-state index is -0.927. The van der Waals surface area contributed by atoms with Crippen LogP contribution in [0, 0.1) is 5.41 Å². The number of nitrogen functional groups attached to an aromatic ring is 1. The average Bonchev–Trinajstić information content (AvgIpc) is 2.64. The van der Waals surface area contributed by atoms with Crippen molar-refractivity contribution in [2.24, 2.45) is 5.73 Å². The molecule has 0 aliphatic rings. The highest BCUT2D eigenvalue weighted by molar-refractivity contribution is 5.96. The number of hydrogen-bond donors (Lipinski definition) is 7. The average molecular weight is 382 g/mol. The van der Waals surface area contributed by atoms with Gasteiger partial charge in [-0.2, -0.15) is 0 Å². The lowest BCUT2D eigenvalue weighted by Crippen LogP contribution is -2.32. The predicted molar refractivity (Wildman–Crippen MR) is 103 cm³/mol. The highest BCUT2D eigenvalue weighted by Crippen LogP contribution is 2.10. The Morgan fingerprint density at radius 1 is 1.15 bits per heavy atom. The SMILES string of the molecule is N=C(N)c1ccc(NC(=O)CCCCNCC(O)COCC(O)CO)cc1. The van der Waals surface area contributed by atoms with Gasteiger partial charge in [-0.05, 0) is 43.7 Å². The monoisotopic (exact) mass is 382 g/mol. The first-order valence-corrected chi connectivity index (χ1v) is 8.92. The first-order chi connectivity index (χ1) is 12.9. The third kappa shape index (κ3) is 10.6. The Kier molecular flexibility index (Phi) is 11.2. The van der Waals surface area contributed by atoms with Crippen LogP contribution >= 0.6 is 0 Å². The van der Waals surface area contributed by atoms with Gasteiger partial charge < -0.3 is 36.4 Å². The summed E-state index contributed by atoms with van der Waals surface area (Å²) in [4.78, 5) is 11.9. The summed E-state index contributed by atoms with van der Waals surface area (Å²) in [7, 11) is 0. The lowest BCUT2D eigenvalue weighted by molar-refractivity contribution is -0.116. The minimum absolute atomic E-state index is 0.0137. The van der Waals surface area contributed by atoms with Gasteiger partial charge >= 0.3 is 0 Å². The largest absolute Gasteiger partial charge is 0.394 e. The molecule has 0 heterocycles. The molecular weight excluding hydrogens is 352 g/mol. The maximum Gasteiger partial charge on any atom is 0.224 e. The number of amides is 1. The van der Waals surface area contributed by atoms with E-state index in [1.165, 1.54) is 0 Å². The fourth-order valence-electron chi connectivity index (χ4n) is 2.21. The van der Waals surface area contributed by atoms with Crippen molar-refractivity contribution in [3.63, 3.8) is 0 Å². The van der Waals surface area contributed by atoms with E-state index in [1.807, 2.05) is 0 Å². The number of rotatable bonds is 14. The molecule has 0 radical (unpaired) electrons. The molecule has 0 aliphatic carbocycles. The number of carbonyl (C=O) groups excluding carboxylic acids is 1. The van der Waals surface area contributed by atoms with Crippen LogP contribution in [0.15, 0.2) is 24.3 Å². The number of unbranched alkanes of at least 4 members (excludes halogenated alkanes) is 1. The molecule has 1 rings (SSSR count). The molecule has 1 aromatic carbocycles. The Labute approximate surface area is 159 Å². The lowest BCUT2D eigenvalue weighted by Gasteiger charge is -2.13. The number of carbonyl (C=O) groups is 1. The summed E-state index contributed by atoms with van der Waals surface area (Å²) in [6.07, 6.45) is 0.258. The van der Waals surface area contributed by atoms with Crippen molar-refractivity contribution >= 4 is 17.4 Å². The second-order valence-corrected chi connectivity index (χ2v) is 6.23. The summed E-state index contributed by atoms with van der Waals surface area (Å²) in [5.41, 5.74) is 6.65. The van der Waals surface area contributed by atoms with Crippen LogP contribution in [0.3, 0.4) is 0 Å². The van der Waals surface area contributed by atoms with Gasteiger partial charge in [0, 0.05) is 24.2 Å². The molecule has 0 bridgehead atoms. The first kappa shape index (κ1) is 23.0. The number of hydrogen-bond acceptors (Lipinski definition) is 7.